The molecule has 120 valence electrons. The predicted octanol–water partition coefficient (Wildman–Crippen LogP) is 2.05. The summed E-state index contributed by atoms with van der Waals surface area (Å²) in [6.45, 7) is 0.153. The number of methoxy groups -OCH3 is 1. The van der Waals surface area contributed by atoms with Crippen LogP contribution in [0.5, 0.6) is 0 Å². The van der Waals surface area contributed by atoms with Gasteiger partial charge in [-0.2, -0.15) is 5.10 Å². The fourth-order valence-corrected chi connectivity index (χ4v) is 2.62. The van der Waals surface area contributed by atoms with Gasteiger partial charge in [0.15, 0.2) is 0 Å². The van der Waals surface area contributed by atoms with Gasteiger partial charge in [0.1, 0.15) is 6.61 Å². The standard InChI is InChI=1S/C17H18N2O4/c1-19-9-13(8-18-19)14-7-15(14)17(21)23-10-11-4-3-5-12(6-11)16(20)22-2/h3-6,8-9,14-15H,7,10H2,1-2H3. The first-order valence-electron chi connectivity index (χ1n) is 7.41. The van der Waals surface area contributed by atoms with E-state index >= 15 is 0 Å². The lowest BCUT2D eigenvalue weighted by atomic mass is 10.1. The van der Waals surface area contributed by atoms with Crippen molar-refractivity contribution in [2.75, 3.05) is 7.11 Å². The minimum absolute atomic E-state index is 0.0945. The summed E-state index contributed by atoms with van der Waals surface area (Å²) < 4.78 is 11.8. The molecule has 6 nitrogen and oxygen atoms in total. The van der Waals surface area contributed by atoms with Crippen molar-refractivity contribution in [3.05, 3.63) is 53.3 Å². The summed E-state index contributed by atoms with van der Waals surface area (Å²) in [6.07, 6.45) is 4.52. The second-order valence-corrected chi connectivity index (χ2v) is 5.70. The minimum atomic E-state index is -0.406. The fraction of sp³-hybridized carbons (Fsp3) is 0.353. The maximum atomic E-state index is 12.1. The number of carbonyl (C=O) groups excluding carboxylic acids is 2. The van der Waals surface area contributed by atoms with E-state index in [1.807, 2.05) is 19.3 Å². The number of aryl methyl sites for hydroxylation is 1. The van der Waals surface area contributed by atoms with E-state index in [1.165, 1.54) is 7.11 Å². The molecular formula is C17H18N2O4. The van der Waals surface area contributed by atoms with Gasteiger partial charge in [0.05, 0.1) is 24.8 Å². The summed E-state index contributed by atoms with van der Waals surface area (Å²) in [5.74, 6) is -0.500. The molecular weight excluding hydrogens is 296 g/mol. The number of ether oxygens (including phenoxy) is 2. The molecule has 3 rings (SSSR count). The maximum Gasteiger partial charge on any atom is 0.337 e. The second-order valence-electron chi connectivity index (χ2n) is 5.70. The van der Waals surface area contributed by atoms with Crippen LogP contribution in [-0.2, 0) is 27.9 Å². The van der Waals surface area contributed by atoms with Gasteiger partial charge in [0, 0.05) is 19.2 Å². The molecule has 1 fully saturated rings. The highest BCUT2D eigenvalue weighted by molar-refractivity contribution is 5.89. The van der Waals surface area contributed by atoms with Crippen LogP contribution in [-0.4, -0.2) is 28.8 Å². The molecule has 2 unspecified atom stereocenters. The van der Waals surface area contributed by atoms with Crippen molar-refractivity contribution in [1.82, 2.24) is 9.78 Å². The lowest BCUT2D eigenvalue weighted by Crippen LogP contribution is -2.08. The van der Waals surface area contributed by atoms with E-state index in [4.69, 9.17) is 4.74 Å². The van der Waals surface area contributed by atoms with Crippen molar-refractivity contribution in [2.45, 2.75) is 18.9 Å². The van der Waals surface area contributed by atoms with Crippen LogP contribution < -0.4 is 0 Å². The summed E-state index contributed by atoms with van der Waals surface area (Å²) >= 11 is 0. The third-order valence-corrected chi connectivity index (χ3v) is 3.98. The van der Waals surface area contributed by atoms with E-state index in [-0.39, 0.29) is 24.4 Å². The molecule has 0 bridgehead atoms. The quantitative estimate of drug-likeness (QED) is 0.790. The summed E-state index contributed by atoms with van der Waals surface area (Å²) in [4.78, 5) is 23.6. The Morgan fingerprint density at radius 3 is 2.91 bits per heavy atom. The van der Waals surface area contributed by atoms with Gasteiger partial charge in [-0.1, -0.05) is 12.1 Å². The Morgan fingerprint density at radius 2 is 2.22 bits per heavy atom. The molecule has 23 heavy (non-hydrogen) atoms. The SMILES string of the molecule is COC(=O)c1cccc(COC(=O)C2CC2c2cnn(C)c2)c1. The van der Waals surface area contributed by atoms with Crippen LogP contribution in [0.1, 0.15) is 33.8 Å². The summed E-state index contributed by atoms with van der Waals surface area (Å²) in [5.41, 5.74) is 2.28. The average Bonchev–Trinajstić information content (AvgIpc) is 3.26. The van der Waals surface area contributed by atoms with Crippen molar-refractivity contribution >= 4 is 11.9 Å². The maximum absolute atomic E-state index is 12.1. The van der Waals surface area contributed by atoms with E-state index in [2.05, 4.69) is 9.84 Å². The molecule has 0 aliphatic heterocycles. The molecule has 2 atom stereocenters. The van der Waals surface area contributed by atoms with Gasteiger partial charge in [-0.15, -0.1) is 0 Å². The zero-order valence-electron chi connectivity index (χ0n) is 13.1. The lowest BCUT2D eigenvalue weighted by molar-refractivity contribution is -0.146. The Hall–Kier alpha value is -2.63. The third kappa shape index (κ3) is 3.41. The number of rotatable bonds is 5. The predicted molar refractivity (Wildman–Crippen MR) is 81.6 cm³/mol. The summed E-state index contributed by atoms with van der Waals surface area (Å²) in [7, 11) is 3.19. The van der Waals surface area contributed by atoms with Gasteiger partial charge >= 0.3 is 11.9 Å². The normalized spacial score (nSPS) is 19.2. The zero-order chi connectivity index (χ0) is 16.4. The van der Waals surface area contributed by atoms with Gasteiger partial charge in [0.25, 0.3) is 0 Å². The molecule has 0 saturated heterocycles. The number of carbonyl (C=O) groups is 2. The average molecular weight is 314 g/mol. The molecule has 0 amide bonds. The van der Waals surface area contributed by atoms with E-state index in [0.717, 1.165) is 17.5 Å². The van der Waals surface area contributed by atoms with Gasteiger partial charge in [-0.25, -0.2) is 4.79 Å². The first kappa shape index (κ1) is 15.3. The second kappa shape index (κ2) is 6.24. The van der Waals surface area contributed by atoms with Crippen LogP contribution in [0.3, 0.4) is 0 Å². The van der Waals surface area contributed by atoms with Crippen molar-refractivity contribution < 1.29 is 19.1 Å². The van der Waals surface area contributed by atoms with Crippen LogP contribution >= 0.6 is 0 Å². The van der Waals surface area contributed by atoms with Crippen LogP contribution in [0.25, 0.3) is 0 Å². The minimum Gasteiger partial charge on any atom is -0.465 e. The number of nitrogens with zero attached hydrogens (tertiary/aromatic N) is 2. The number of esters is 2. The molecule has 1 saturated carbocycles. The molecule has 2 aromatic rings. The van der Waals surface area contributed by atoms with Crippen LogP contribution in [0, 0.1) is 5.92 Å². The monoisotopic (exact) mass is 314 g/mol. The molecule has 1 aromatic carbocycles. The zero-order valence-corrected chi connectivity index (χ0v) is 13.1. The number of benzene rings is 1. The van der Waals surface area contributed by atoms with Gasteiger partial charge in [-0.05, 0) is 29.7 Å². The van der Waals surface area contributed by atoms with E-state index in [9.17, 15) is 9.59 Å². The number of aromatic nitrogens is 2. The van der Waals surface area contributed by atoms with Crippen LogP contribution in [0.2, 0.25) is 0 Å². The van der Waals surface area contributed by atoms with Gasteiger partial charge in [0.2, 0.25) is 0 Å². The van der Waals surface area contributed by atoms with E-state index in [1.54, 1.807) is 29.1 Å². The Labute approximate surface area is 134 Å². The molecule has 1 aromatic heterocycles. The highest BCUT2D eigenvalue weighted by Gasteiger charge is 2.45. The largest absolute Gasteiger partial charge is 0.465 e. The van der Waals surface area contributed by atoms with Crippen molar-refractivity contribution in [3.8, 4) is 0 Å². The molecule has 1 aliphatic rings. The first-order valence-corrected chi connectivity index (χ1v) is 7.41. The molecule has 1 aliphatic carbocycles. The molecule has 0 spiro atoms. The van der Waals surface area contributed by atoms with Crippen molar-refractivity contribution in [3.63, 3.8) is 0 Å². The Balaban J connectivity index is 1.55. The molecule has 0 N–H and O–H groups in total. The third-order valence-electron chi connectivity index (χ3n) is 3.98. The Morgan fingerprint density at radius 1 is 1.39 bits per heavy atom. The topological polar surface area (TPSA) is 70.4 Å². The van der Waals surface area contributed by atoms with E-state index < -0.39 is 5.97 Å². The fourth-order valence-electron chi connectivity index (χ4n) is 2.62. The number of hydrogen-bond acceptors (Lipinski definition) is 5. The Kier molecular flexibility index (Phi) is 4.14. The highest BCUT2D eigenvalue weighted by Crippen LogP contribution is 2.48. The van der Waals surface area contributed by atoms with E-state index in [0.29, 0.717) is 5.56 Å². The van der Waals surface area contributed by atoms with Crippen molar-refractivity contribution in [2.24, 2.45) is 13.0 Å². The van der Waals surface area contributed by atoms with Gasteiger partial charge in [-0.3, -0.25) is 9.48 Å². The summed E-state index contributed by atoms with van der Waals surface area (Å²) in [6, 6.07) is 6.89. The smallest absolute Gasteiger partial charge is 0.337 e. The molecule has 0 radical (unpaired) electrons. The highest BCUT2D eigenvalue weighted by atomic mass is 16.5. The Bertz CT molecular complexity index is 738. The van der Waals surface area contributed by atoms with Crippen LogP contribution in [0.15, 0.2) is 36.7 Å². The van der Waals surface area contributed by atoms with Gasteiger partial charge < -0.3 is 9.47 Å². The lowest BCUT2D eigenvalue weighted by Gasteiger charge is -2.06. The van der Waals surface area contributed by atoms with Crippen LogP contribution in [0.4, 0.5) is 0 Å². The molecule has 6 heteroatoms. The first-order chi connectivity index (χ1) is 11.1. The number of hydrogen-bond donors (Lipinski definition) is 0. The van der Waals surface area contributed by atoms with Crippen molar-refractivity contribution in [1.29, 1.82) is 0 Å². The molecule has 1 heterocycles. The summed E-state index contributed by atoms with van der Waals surface area (Å²) in [5, 5.41) is 4.12.